The van der Waals surface area contributed by atoms with E-state index in [2.05, 4.69) is 27.8 Å². The molecule has 3 heterocycles. The van der Waals surface area contributed by atoms with Gasteiger partial charge in [-0.25, -0.2) is 4.98 Å². The molecule has 3 aromatic heterocycles. The van der Waals surface area contributed by atoms with E-state index >= 15 is 0 Å². The van der Waals surface area contributed by atoms with Crippen molar-refractivity contribution >= 4 is 45.1 Å². The molecule has 0 bridgehead atoms. The second kappa shape index (κ2) is 13.8. The van der Waals surface area contributed by atoms with Gasteiger partial charge in [0.15, 0.2) is 5.16 Å². The summed E-state index contributed by atoms with van der Waals surface area (Å²) in [5.74, 6) is 0.710. The number of thioether (sulfide) groups is 1. The Balaban J connectivity index is 1.23. The second-order valence-corrected chi connectivity index (χ2v) is 10.4. The molecular formula is C27H30N4O4S2. The van der Waals surface area contributed by atoms with Crippen LogP contribution in [-0.2, 0) is 29.1 Å². The van der Waals surface area contributed by atoms with Crippen LogP contribution in [0, 0.1) is 0 Å². The summed E-state index contributed by atoms with van der Waals surface area (Å²) in [4.78, 5) is 42.2. The van der Waals surface area contributed by atoms with Gasteiger partial charge in [0.05, 0.1) is 24.1 Å². The number of nitrogens with zero attached hydrogens (tertiary/aromatic N) is 2. The van der Waals surface area contributed by atoms with Gasteiger partial charge in [-0.1, -0.05) is 48.5 Å². The maximum atomic E-state index is 13.1. The van der Waals surface area contributed by atoms with E-state index in [1.807, 2.05) is 29.6 Å². The highest BCUT2D eigenvalue weighted by Gasteiger charge is 2.14. The Bertz CT molecular complexity index is 1350. The predicted octanol–water partition coefficient (Wildman–Crippen LogP) is 4.38. The number of thiophene rings is 1. The third-order valence-electron chi connectivity index (χ3n) is 5.77. The molecule has 4 aromatic rings. The van der Waals surface area contributed by atoms with Gasteiger partial charge >= 0.3 is 0 Å². The molecule has 0 aliphatic carbocycles. The van der Waals surface area contributed by atoms with Crippen molar-refractivity contribution in [3.8, 4) is 0 Å². The molecule has 4 rings (SSSR count). The Kier molecular flexibility index (Phi) is 9.96. The molecule has 1 aromatic carbocycles. The van der Waals surface area contributed by atoms with Crippen LogP contribution < -0.4 is 16.2 Å². The lowest BCUT2D eigenvalue weighted by atomic mass is 10.1. The standard InChI is InChI=1S/C27H30N4O4S2/c32-23(28-14-12-20-8-3-1-4-9-20)11-5-2-6-15-31-26(34)25-22(13-17-36-25)30-27(31)37-19-24(33)29-18-21-10-7-16-35-21/h1,3-4,7-10,13,16-17H,2,5-6,11-12,14-15,18-19H2,(H,28,32)(H,29,33). The first-order chi connectivity index (χ1) is 18.1. The van der Waals surface area contributed by atoms with Crippen LogP contribution in [0.2, 0.25) is 0 Å². The summed E-state index contributed by atoms with van der Waals surface area (Å²) in [5.41, 5.74) is 1.77. The van der Waals surface area contributed by atoms with Gasteiger partial charge in [0.25, 0.3) is 5.56 Å². The number of carbonyl (C=O) groups is 2. The first kappa shape index (κ1) is 26.7. The number of unbranched alkanes of at least 4 members (excludes halogenated alkanes) is 2. The highest BCUT2D eigenvalue weighted by atomic mass is 32.2. The fraction of sp³-hybridized carbons (Fsp3) is 0.333. The molecule has 0 fully saturated rings. The summed E-state index contributed by atoms with van der Waals surface area (Å²) < 4.78 is 7.51. The lowest BCUT2D eigenvalue weighted by Gasteiger charge is -2.12. The van der Waals surface area contributed by atoms with Crippen molar-refractivity contribution in [2.45, 2.75) is 50.4 Å². The molecule has 0 radical (unpaired) electrons. The number of hydrogen-bond donors (Lipinski definition) is 2. The Labute approximate surface area is 223 Å². The van der Waals surface area contributed by atoms with Gasteiger partial charge in [0, 0.05) is 19.5 Å². The van der Waals surface area contributed by atoms with Crippen LogP contribution in [0.15, 0.2) is 74.5 Å². The minimum absolute atomic E-state index is 0.0478. The molecule has 2 amide bonds. The first-order valence-electron chi connectivity index (χ1n) is 12.3. The van der Waals surface area contributed by atoms with Crippen molar-refractivity contribution in [1.29, 1.82) is 0 Å². The highest BCUT2D eigenvalue weighted by molar-refractivity contribution is 7.99. The Morgan fingerprint density at radius 2 is 1.86 bits per heavy atom. The molecule has 8 nitrogen and oxygen atoms in total. The summed E-state index contributed by atoms with van der Waals surface area (Å²) in [5, 5.41) is 8.16. The zero-order chi connectivity index (χ0) is 25.9. The van der Waals surface area contributed by atoms with Gasteiger partial charge in [0.2, 0.25) is 11.8 Å². The lowest BCUT2D eigenvalue weighted by molar-refractivity contribution is -0.121. The van der Waals surface area contributed by atoms with Crippen molar-refractivity contribution in [3.05, 3.63) is 81.9 Å². The number of carbonyl (C=O) groups excluding carboxylic acids is 2. The Hall–Kier alpha value is -3.37. The average Bonchev–Trinajstić information content (AvgIpc) is 3.60. The van der Waals surface area contributed by atoms with E-state index in [0.717, 1.165) is 25.7 Å². The summed E-state index contributed by atoms with van der Waals surface area (Å²) in [6.45, 7) is 1.43. The minimum atomic E-state index is -0.161. The number of rotatable bonds is 14. The van der Waals surface area contributed by atoms with Crippen LogP contribution in [0.3, 0.4) is 0 Å². The summed E-state index contributed by atoms with van der Waals surface area (Å²) in [7, 11) is 0. The van der Waals surface area contributed by atoms with Crippen molar-refractivity contribution in [2.75, 3.05) is 12.3 Å². The number of aromatic nitrogens is 2. The smallest absolute Gasteiger partial charge is 0.272 e. The average molecular weight is 539 g/mol. The normalized spacial score (nSPS) is 11.0. The van der Waals surface area contributed by atoms with E-state index in [9.17, 15) is 14.4 Å². The summed E-state index contributed by atoms with van der Waals surface area (Å²) >= 11 is 2.62. The van der Waals surface area contributed by atoms with Crippen LogP contribution in [0.25, 0.3) is 10.2 Å². The molecule has 0 spiro atoms. The number of fused-ring (bicyclic) bond motifs is 1. The molecule has 2 N–H and O–H groups in total. The van der Waals surface area contributed by atoms with Crippen molar-refractivity contribution in [2.24, 2.45) is 0 Å². The van der Waals surface area contributed by atoms with E-state index in [-0.39, 0.29) is 23.1 Å². The van der Waals surface area contributed by atoms with Gasteiger partial charge in [0.1, 0.15) is 10.5 Å². The molecule has 0 aliphatic heterocycles. The third-order valence-corrected chi connectivity index (χ3v) is 7.64. The third kappa shape index (κ3) is 8.06. The Morgan fingerprint density at radius 3 is 2.68 bits per heavy atom. The van der Waals surface area contributed by atoms with Crippen LogP contribution in [0.1, 0.15) is 37.0 Å². The Morgan fingerprint density at radius 1 is 1.00 bits per heavy atom. The second-order valence-electron chi connectivity index (χ2n) is 8.53. The summed E-state index contributed by atoms with van der Waals surface area (Å²) in [6.07, 6.45) is 5.15. The fourth-order valence-corrected chi connectivity index (χ4v) is 5.46. The van der Waals surface area contributed by atoms with Crippen LogP contribution in [0.5, 0.6) is 0 Å². The van der Waals surface area contributed by atoms with E-state index in [1.165, 1.54) is 28.7 Å². The SMILES string of the molecule is O=C(CCCCCn1c(SCC(=O)NCc2ccco2)nc2ccsc2c1=O)NCCc1ccccc1. The number of amides is 2. The molecule has 0 saturated carbocycles. The molecule has 0 aliphatic rings. The van der Waals surface area contributed by atoms with E-state index in [1.54, 1.807) is 23.0 Å². The van der Waals surface area contributed by atoms with Gasteiger partial charge < -0.3 is 15.1 Å². The largest absolute Gasteiger partial charge is 0.467 e. The topological polar surface area (TPSA) is 106 Å². The number of benzene rings is 1. The maximum absolute atomic E-state index is 13.1. The number of hydrogen-bond acceptors (Lipinski definition) is 7. The van der Waals surface area contributed by atoms with Gasteiger partial charge in [-0.15, -0.1) is 11.3 Å². The molecular weight excluding hydrogens is 508 g/mol. The van der Waals surface area contributed by atoms with E-state index in [0.29, 0.717) is 47.2 Å². The lowest BCUT2D eigenvalue weighted by Crippen LogP contribution is -2.26. The van der Waals surface area contributed by atoms with Crippen molar-refractivity contribution in [1.82, 2.24) is 20.2 Å². The molecule has 0 atom stereocenters. The van der Waals surface area contributed by atoms with Crippen molar-refractivity contribution < 1.29 is 14.0 Å². The van der Waals surface area contributed by atoms with Gasteiger partial charge in [-0.2, -0.15) is 0 Å². The molecule has 194 valence electrons. The van der Waals surface area contributed by atoms with Crippen LogP contribution in [-0.4, -0.2) is 33.7 Å². The molecule has 37 heavy (non-hydrogen) atoms. The van der Waals surface area contributed by atoms with Gasteiger partial charge in [-0.3, -0.25) is 19.0 Å². The predicted molar refractivity (Wildman–Crippen MR) is 147 cm³/mol. The van der Waals surface area contributed by atoms with Gasteiger partial charge in [-0.05, 0) is 48.4 Å². The minimum Gasteiger partial charge on any atom is -0.467 e. The highest BCUT2D eigenvalue weighted by Crippen LogP contribution is 2.21. The quantitative estimate of drug-likeness (QED) is 0.140. The van der Waals surface area contributed by atoms with Crippen molar-refractivity contribution in [3.63, 3.8) is 0 Å². The first-order valence-corrected chi connectivity index (χ1v) is 14.2. The fourth-order valence-electron chi connectivity index (χ4n) is 3.82. The monoisotopic (exact) mass is 538 g/mol. The zero-order valence-electron chi connectivity index (χ0n) is 20.5. The van der Waals surface area contributed by atoms with Crippen LogP contribution in [0.4, 0.5) is 0 Å². The number of furan rings is 1. The maximum Gasteiger partial charge on any atom is 0.272 e. The summed E-state index contributed by atoms with van der Waals surface area (Å²) in [6, 6.07) is 15.5. The zero-order valence-corrected chi connectivity index (χ0v) is 22.1. The van der Waals surface area contributed by atoms with E-state index in [4.69, 9.17) is 4.42 Å². The number of nitrogens with one attached hydrogen (secondary N) is 2. The van der Waals surface area contributed by atoms with Crippen LogP contribution >= 0.6 is 23.1 Å². The molecule has 0 saturated heterocycles. The molecule has 0 unspecified atom stereocenters. The molecule has 10 heteroatoms. The van der Waals surface area contributed by atoms with E-state index < -0.39 is 0 Å².